The van der Waals surface area contributed by atoms with Gasteiger partial charge in [-0.2, -0.15) is 0 Å². The molecule has 3 rings (SSSR count). The van der Waals surface area contributed by atoms with Crippen LogP contribution in [-0.2, 0) is 14.0 Å². The molecule has 2 aliphatic heterocycles. The van der Waals surface area contributed by atoms with Gasteiger partial charge in [0.2, 0.25) is 0 Å². The maximum absolute atomic E-state index is 12.1. The van der Waals surface area contributed by atoms with E-state index < -0.39 is 24.4 Å². The van der Waals surface area contributed by atoms with Crippen molar-refractivity contribution >= 4 is 24.4 Å². The highest BCUT2D eigenvalue weighted by molar-refractivity contribution is 6.62. The molecule has 1 unspecified atom stereocenters. The highest BCUT2D eigenvalue weighted by atomic mass is 16.7. The van der Waals surface area contributed by atoms with Crippen LogP contribution in [0.1, 0.15) is 27.7 Å². The van der Waals surface area contributed by atoms with E-state index in [1.807, 2.05) is 45.9 Å². The lowest BCUT2D eigenvalue weighted by Gasteiger charge is -2.32. The number of ether oxygens (including phenoxy) is 2. The normalized spacial score (nSPS) is 24.6. The van der Waals surface area contributed by atoms with Gasteiger partial charge in [0.25, 0.3) is 0 Å². The van der Waals surface area contributed by atoms with E-state index in [1.165, 1.54) is 4.90 Å². The molecule has 0 aromatic heterocycles. The summed E-state index contributed by atoms with van der Waals surface area (Å²) in [5, 5.41) is 0. The summed E-state index contributed by atoms with van der Waals surface area (Å²) in [5.74, 6) is 0.557. The predicted octanol–water partition coefficient (Wildman–Crippen LogP) is 1.28. The molecule has 1 aromatic carbocycles. The predicted molar refractivity (Wildman–Crippen MR) is 95.4 cm³/mol. The van der Waals surface area contributed by atoms with Crippen molar-refractivity contribution in [3.8, 4) is 5.75 Å². The average molecular weight is 348 g/mol. The van der Waals surface area contributed by atoms with Crippen LogP contribution in [0, 0.1) is 0 Å². The number of amides is 1. The van der Waals surface area contributed by atoms with Crippen molar-refractivity contribution in [3.05, 3.63) is 18.2 Å². The summed E-state index contributed by atoms with van der Waals surface area (Å²) in [6.45, 7) is 8.72. The van der Waals surface area contributed by atoms with Crippen LogP contribution in [0.2, 0.25) is 0 Å². The molecule has 0 spiro atoms. The summed E-state index contributed by atoms with van der Waals surface area (Å²) < 4.78 is 22.8. The van der Waals surface area contributed by atoms with Crippen LogP contribution in [0.15, 0.2) is 18.2 Å². The molecule has 25 heavy (non-hydrogen) atoms. The second-order valence-electron chi connectivity index (χ2n) is 7.37. The van der Waals surface area contributed by atoms with E-state index in [9.17, 15) is 4.79 Å². The fraction of sp³-hybridized carbons (Fsp3) is 0.588. The molecule has 2 heterocycles. The maximum atomic E-state index is 12.1. The Morgan fingerprint density at radius 2 is 1.92 bits per heavy atom. The lowest BCUT2D eigenvalue weighted by atomic mass is 9.79. The van der Waals surface area contributed by atoms with Gasteiger partial charge in [-0.05, 0) is 45.3 Å². The van der Waals surface area contributed by atoms with E-state index >= 15 is 0 Å². The van der Waals surface area contributed by atoms with Gasteiger partial charge in [0.15, 0.2) is 0 Å². The molecule has 8 heteroatoms. The molecule has 1 amide bonds. The van der Waals surface area contributed by atoms with Crippen LogP contribution in [0.3, 0.4) is 0 Å². The topological polar surface area (TPSA) is 83.2 Å². The SMILES string of the molecule is COc1cc(B2OC(C)(C)C(C)(C)O2)ccc1N1CC(CN)OC1=O. The first-order chi connectivity index (χ1) is 11.7. The van der Waals surface area contributed by atoms with Crippen molar-refractivity contribution in [2.24, 2.45) is 5.73 Å². The zero-order chi connectivity index (χ0) is 18.4. The number of hydrogen-bond donors (Lipinski definition) is 1. The number of nitrogens with zero attached hydrogens (tertiary/aromatic N) is 1. The molecule has 0 radical (unpaired) electrons. The molecule has 1 aromatic rings. The molecule has 0 aliphatic carbocycles. The number of cyclic esters (lactones) is 1. The zero-order valence-electron chi connectivity index (χ0n) is 15.4. The highest BCUT2D eigenvalue weighted by Gasteiger charge is 2.51. The Balaban J connectivity index is 1.87. The van der Waals surface area contributed by atoms with Crippen LogP contribution in [0.4, 0.5) is 10.5 Å². The van der Waals surface area contributed by atoms with Gasteiger partial charge in [-0.15, -0.1) is 0 Å². The Bertz CT molecular complexity index is 663. The summed E-state index contributed by atoms with van der Waals surface area (Å²) in [4.78, 5) is 13.6. The molecule has 136 valence electrons. The zero-order valence-corrected chi connectivity index (χ0v) is 15.4. The van der Waals surface area contributed by atoms with Gasteiger partial charge in [-0.1, -0.05) is 6.07 Å². The van der Waals surface area contributed by atoms with E-state index in [0.717, 1.165) is 5.46 Å². The summed E-state index contributed by atoms with van der Waals surface area (Å²) in [6, 6.07) is 5.53. The van der Waals surface area contributed by atoms with Crippen LogP contribution < -0.4 is 20.8 Å². The number of rotatable bonds is 4. The van der Waals surface area contributed by atoms with Gasteiger partial charge < -0.3 is 24.5 Å². The van der Waals surface area contributed by atoms with Gasteiger partial charge >= 0.3 is 13.2 Å². The first kappa shape index (κ1) is 18.0. The molecule has 0 saturated carbocycles. The summed E-state index contributed by atoms with van der Waals surface area (Å²) >= 11 is 0. The van der Waals surface area contributed by atoms with Crippen molar-refractivity contribution in [2.75, 3.05) is 25.1 Å². The second-order valence-corrected chi connectivity index (χ2v) is 7.37. The van der Waals surface area contributed by atoms with Crippen molar-refractivity contribution < 1.29 is 23.6 Å². The van der Waals surface area contributed by atoms with Crippen LogP contribution in [0.25, 0.3) is 0 Å². The van der Waals surface area contributed by atoms with Crippen LogP contribution in [-0.4, -0.2) is 50.7 Å². The van der Waals surface area contributed by atoms with Gasteiger partial charge in [-0.3, -0.25) is 4.90 Å². The molecule has 2 aliphatic rings. The van der Waals surface area contributed by atoms with Crippen molar-refractivity contribution in [1.29, 1.82) is 0 Å². The Kier molecular flexibility index (Phi) is 4.47. The fourth-order valence-electron chi connectivity index (χ4n) is 2.88. The lowest BCUT2D eigenvalue weighted by molar-refractivity contribution is 0.00578. The quantitative estimate of drug-likeness (QED) is 0.826. The molecule has 2 saturated heterocycles. The molecule has 1 atom stereocenters. The second kappa shape index (κ2) is 6.19. The number of anilines is 1. The van der Waals surface area contributed by atoms with Gasteiger partial charge in [0, 0.05) is 6.54 Å². The average Bonchev–Trinajstić information content (AvgIpc) is 3.03. The number of benzene rings is 1. The standard InChI is InChI=1S/C17H25BN2O5/c1-16(2)17(3,4)25-18(24-16)11-6-7-13(14(8-11)22-5)20-10-12(9-19)23-15(20)21/h6-8,12H,9-10,19H2,1-5H3. The summed E-state index contributed by atoms with van der Waals surface area (Å²) in [7, 11) is 1.07. The maximum Gasteiger partial charge on any atom is 0.494 e. The molecule has 0 bridgehead atoms. The van der Waals surface area contributed by atoms with Crippen molar-refractivity contribution in [1.82, 2.24) is 0 Å². The van der Waals surface area contributed by atoms with Gasteiger partial charge in [0.05, 0.1) is 30.5 Å². The van der Waals surface area contributed by atoms with E-state index in [4.69, 9.17) is 24.5 Å². The first-order valence-corrected chi connectivity index (χ1v) is 8.40. The number of methoxy groups -OCH3 is 1. The van der Waals surface area contributed by atoms with E-state index in [1.54, 1.807) is 7.11 Å². The minimum absolute atomic E-state index is 0.288. The van der Waals surface area contributed by atoms with Gasteiger partial charge in [-0.25, -0.2) is 4.79 Å². The van der Waals surface area contributed by atoms with Crippen molar-refractivity contribution in [2.45, 2.75) is 45.0 Å². The molecule has 2 N–H and O–H groups in total. The number of carbonyl (C=O) groups excluding carboxylic acids is 1. The third-order valence-electron chi connectivity index (χ3n) is 5.16. The largest absolute Gasteiger partial charge is 0.495 e. The Morgan fingerprint density at radius 1 is 1.28 bits per heavy atom. The summed E-state index contributed by atoms with van der Waals surface area (Å²) in [6.07, 6.45) is -0.725. The Hall–Kier alpha value is -1.77. The van der Waals surface area contributed by atoms with Crippen LogP contribution >= 0.6 is 0 Å². The third-order valence-corrected chi connectivity index (χ3v) is 5.16. The molecular formula is C17H25BN2O5. The number of nitrogens with two attached hydrogens (primary N) is 1. The minimum Gasteiger partial charge on any atom is -0.495 e. The molecule has 7 nitrogen and oxygen atoms in total. The molecular weight excluding hydrogens is 323 g/mol. The Labute approximate surface area is 148 Å². The minimum atomic E-state index is -0.490. The number of carbonyl (C=O) groups is 1. The smallest absolute Gasteiger partial charge is 0.494 e. The van der Waals surface area contributed by atoms with E-state index in [0.29, 0.717) is 18.0 Å². The fourth-order valence-corrected chi connectivity index (χ4v) is 2.88. The van der Waals surface area contributed by atoms with Crippen molar-refractivity contribution in [3.63, 3.8) is 0 Å². The summed E-state index contributed by atoms with van der Waals surface area (Å²) in [5.41, 5.74) is 6.23. The first-order valence-electron chi connectivity index (χ1n) is 8.40. The Morgan fingerprint density at radius 3 is 2.44 bits per heavy atom. The van der Waals surface area contributed by atoms with Gasteiger partial charge in [0.1, 0.15) is 11.9 Å². The highest BCUT2D eigenvalue weighted by Crippen LogP contribution is 2.37. The van der Waals surface area contributed by atoms with E-state index in [-0.39, 0.29) is 12.6 Å². The monoisotopic (exact) mass is 348 g/mol. The van der Waals surface area contributed by atoms with E-state index in [2.05, 4.69) is 0 Å². The lowest BCUT2D eigenvalue weighted by Crippen LogP contribution is -2.41. The number of hydrogen-bond acceptors (Lipinski definition) is 6. The molecule has 2 fully saturated rings. The van der Waals surface area contributed by atoms with Crippen LogP contribution in [0.5, 0.6) is 5.75 Å². The third kappa shape index (κ3) is 3.10.